The molecule has 0 fully saturated rings. The molecule has 1 N–H and O–H groups in total. The molecule has 2 aromatic rings. The third-order valence-electron chi connectivity index (χ3n) is 3.16. The van der Waals surface area contributed by atoms with Gasteiger partial charge >= 0.3 is 12.1 Å². The number of pyridine rings is 1. The zero-order valence-corrected chi connectivity index (χ0v) is 11.9. The average Bonchev–Trinajstić information content (AvgIpc) is 2.99. The Kier molecular flexibility index (Phi) is 3.87. The van der Waals surface area contributed by atoms with Crippen LogP contribution in [0.1, 0.15) is 10.4 Å². The molecule has 1 aliphatic rings. The highest BCUT2D eigenvalue weighted by Crippen LogP contribution is 2.29. The van der Waals surface area contributed by atoms with Crippen LogP contribution in [0.5, 0.6) is 5.88 Å². The number of ether oxygens (including phenoxy) is 1. The maximum absolute atomic E-state index is 12.4. The van der Waals surface area contributed by atoms with Crippen molar-refractivity contribution in [1.29, 1.82) is 0 Å². The number of carbonyl (C=O) groups is 1. The van der Waals surface area contributed by atoms with Gasteiger partial charge in [0.05, 0.1) is 17.0 Å². The Balaban J connectivity index is 2.00. The van der Waals surface area contributed by atoms with Gasteiger partial charge in [0.25, 0.3) is 0 Å². The average molecular weight is 341 g/mol. The van der Waals surface area contributed by atoms with Crippen LogP contribution in [0.3, 0.4) is 0 Å². The summed E-state index contributed by atoms with van der Waals surface area (Å²) in [7, 11) is 0. The van der Waals surface area contributed by atoms with E-state index in [0.717, 1.165) is 6.20 Å². The van der Waals surface area contributed by atoms with Crippen LogP contribution in [0, 0.1) is 0 Å². The molecule has 24 heavy (non-hydrogen) atoms. The fraction of sp³-hybridized carbons (Fsp3) is 0.214. The molecule has 0 spiro atoms. The van der Waals surface area contributed by atoms with Gasteiger partial charge in [0.1, 0.15) is 5.69 Å². The molecule has 2 aromatic heterocycles. The third-order valence-corrected chi connectivity index (χ3v) is 3.16. The summed E-state index contributed by atoms with van der Waals surface area (Å²) in [5, 5.41) is 13.3. The van der Waals surface area contributed by atoms with Crippen LogP contribution in [0.2, 0.25) is 0 Å². The zero-order valence-electron chi connectivity index (χ0n) is 11.9. The number of carboxylic acids is 1. The lowest BCUT2D eigenvalue weighted by molar-refractivity contribution is -0.154. The molecule has 0 saturated carbocycles. The molecule has 3 rings (SSSR count). The van der Waals surface area contributed by atoms with E-state index in [4.69, 9.17) is 14.4 Å². The molecule has 0 amide bonds. The number of anilines is 1. The minimum absolute atomic E-state index is 0.0993. The Labute approximate surface area is 132 Å². The number of fused-ring (bicyclic) bond motifs is 1. The lowest BCUT2D eigenvalue weighted by atomic mass is 10.2. The fourth-order valence-electron chi connectivity index (χ4n) is 2.10. The fourth-order valence-corrected chi connectivity index (χ4v) is 2.10. The number of hydrogen-bond acceptors (Lipinski definition) is 6. The first-order valence-electron chi connectivity index (χ1n) is 6.66. The van der Waals surface area contributed by atoms with Gasteiger partial charge in [0, 0.05) is 18.9 Å². The number of halogens is 3. The molecule has 0 aliphatic carbocycles. The quantitative estimate of drug-likeness (QED) is 0.878. The standard InChI is InChI=1S/C14H10F3N3O4/c15-14(16,17)7-23-12-10(3-8(4-18-12)13(21)22)20-2-1-11-9(6-20)5-19-24-11/h1,3-6H,2,7H2,(H,21,22). The van der Waals surface area contributed by atoms with Crippen LogP contribution < -0.4 is 20.3 Å². The van der Waals surface area contributed by atoms with E-state index in [0.29, 0.717) is 10.6 Å². The third kappa shape index (κ3) is 3.31. The number of rotatable bonds is 4. The lowest BCUT2D eigenvalue weighted by Gasteiger charge is -2.22. The Morgan fingerprint density at radius 1 is 1.42 bits per heavy atom. The molecule has 0 saturated heterocycles. The Morgan fingerprint density at radius 3 is 2.92 bits per heavy atom. The zero-order chi connectivity index (χ0) is 17.3. The second-order valence-electron chi connectivity index (χ2n) is 4.89. The first-order valence-corrected chi connectivity index (χ1v) is 6.66. The number of hydrogen-bond donors (Lipinski definition) is 1. The first kappa shape index (κ1) is 15.8. The summed E-state index contributed by atoms with van der Waals surface area (Å²) in [5.41, 5.74) is 0.447. The van der Waals surface area contributed by atoms with E-state index in [1.165, 1.54) is 17.2 Å². The molecule has 1 aliphatic heterocycles. The maximum atomic E-state index is 12.4. The van der Waals surface area contributed by atoms with E-state index < -0.39 is 18.8 Å². The van der Waals surface area contributed by atoms with Crippen LogP contribution in [0.15, 0.2) is 23.0 Å². The van der Waals surface area contributed by atoms with Crippen molar-refractivity contribution < 1.29 is 32.3 Å². The predicted molar refractivity (Wildman–Crippen MR) is 74.8 cm³/mol. The van der Waals surface area contributed by atoms with E-state index in [1.807, 2.05) is 0 Å². The highest BCUT2D eigenvalue weighted by Gasteiger charge is 2.30. The van der Waals surface area contributed by atoms with Crippen molar-refractivity contribution >= 4 is 23.9 Å². The Morgan fingerprint density at radius 2 is 2.21 bits per heavy atom. The molecular weight excluding hydrogens is 331 g/mol. The second kappa shape index (κ2) is 5.87. The molecule has 0 bridgehead atoms. The number of alkyl halides is 3. The summed E-state index contributed by atoms with van der Waals surface area (Å²) >= 11 is 0. The van der Waals surface area contributed by atoms with Crippen molar-refractivity contribution in [2.24, 2.45) is 0 Å². The Hall–Kier alpha value is -3.04. The lowest BCUT2D eigenvalue weighted by Crippen LogP contribution is -2.33. The summed E-state index contributed by atoms with van der Waals surface area (Å²) in [5.74, 6) is -1.57. The number of carboxylic acid groups (broad SMARTS) is 1. The van der Waals surface area contributed by atoms with Crippen molar-refractivity contribution in [2.75, 3.05) is 18.1 Å². The normalized spacial score (nSPS) is 13.7. The molecule has 0 radical (unpaired) electrons. The smallest absolute Gasteiger partial charge is 0.422 e. The van der Waals surface area contributed by atoms with Gasteiger partial charge in [-0.3, -0.25) is 0 Å². The predicted octanol–water partition coefficient (Wildman–Crippen LogP) is 0.748. The molecular formula is C14H10F3N3O4. The summed E-state index contributed by atoms with van der Waals surface area (Å²) in [4.78, 5) is 16.3. The molecule has 7 nitrogen and oxygen atoms in total. The van der Waals surface area contributed by atoms with Gasteiger partial charge < -0.3 is 19.3 Å². The highest BCUT2D eigenvalue weighted by atomic mass is 19.4. The maximum Gasteiger partial charge on any atom is 0.422 e. The Bertz CT molecular complexity index is 891. The van der Waals surface area contributed by atoms with Gasteiger partial charge in [0.2, 0.25) is 5.88 Å². The highest BCUT2D eigenvalue weighted by molar-refractivity contribution is 5.89. The van der Waals surface area contributed by atoms with Crippen molar-refractivity contribution in [2.45, 2.75) is 6.18 Å². The summed E-state index contributed by atoms with van der Waals surface area (Å²) < 4.78 is 46.8. The van der Waals surface area contributed by atoms with Gasteiger partial charge in [0.15, 0.2) is 12.0 Å². The number of aromatic nitrogens is 2. The molecule has 10 heteroatoms. The molecule has 0 unspecified atom stereocenters. The van der Waals surface area contributed by atoms with Crippen molar-refractivity contribution in [3.05, 3.63) is 34.7 Å². The van der Waals surface area contributed by atoms with E-state index in [1.54, 1.807) is 12.3 Å². The van der Waals surface area contributed by atoms with E-state index in [9.17, 15) is 18.0 Å². The molecule has 0 atom stereocenters. The number of nitrogens with zero attached hydrogens (tertiary/aromatic N) is 3. The van der Waals surface area contributed by atoms with Crippen molar-refractivity contribution in [1.82, 2.24) is 10.1 Å². The van der Waals surface area contributed by atoms with Gasteiger partial charge in [-0.05, 0) is 12.1 Å². The van der Waals surface area contributed by atoms with E-state index in [2.05, 4.69) is 10.1 Å². The molecule has 0 aromatic carbocycles. The summed E-state index contributed by atoms with van der Waals surface area (Å²) in [6, 6.07) is 1.20. The first-order chi connectivity index (χ1) is 11.3. The van der Waals surface area contributed by atoms with Crippen LogP contribution in [-0.2, 0) is 0 Å². The topological polar surface area (TPSA) is 88.7 Å². The van der Waals surface area contributed by atoms with E-state index >= 15 is 0 Å². The van der Waals surface area contributed by atoms with Crippen LogP contribution >= 0.6 is 0 Å². The molecule has 126 valence electrons. The van der Waals surface area contributed by atoms with Gasteiger partial charge in [-0.1, -0.05) is 5.16 Å². The van der Waals surface area contributed by atoms with E-state index in [-0.39, 0.29) is 23.7 Å². The summed E-state index contributed by atoms with van der Waals surface area (Å²) in [6.07, 6.45) is 1.06. The SMILES string of the molecule is O=C(O)c1cnc(OCC(F)(F)F)c(N2C=c3cnoc3=CC2)c1. The molecule has 3 heterocycles. The van der Waals surface area contributed by atoms with Crippen LogP contribution in [-0.4, -0.2) is 40.5 Å². The largest absolute Gasteiger partial charge is 0.478 e. The van der Waals surface area contributed by atoms with Crippen molar-refractivity contribution in [3.63, 3.8) is 0 Å². The monoisotopic (exact) mass is 341 g/mol. The minimum Gasteiger partial charge on any atom is -0.478 e. The summed E-state index contributed by atoms with van der Waals surface area (Å²) in [6.45, 7) is -1.30. The number of aromatic carboxylic acids is 1. The van der Waals surface area contributed by atoms with Crippen LogP contribution in [0.25, 0.3) is 12.3 Å². The van der Waals surface area contributed by atoms with Crippen molar-refractivity contribution in [3.8, 4) is 5.88 Å². The minimum atomic E-state index is -4.54. The van der Waals surface area contributed by atoms with Gasteiger partial charge in [-0.15, -0.1) is 0 Å². The van der Waals surface area contributed by atoms with Crippen LogP contribution in [0.4, 0.5) is 18.9 Å². The van der Waals surface area contributed by atoms with Gasteiger partial charge in [-0.2, -0.15) is 13.2 Å². The van der Waals surface area contributed by atoms with Gasteiger partial charge in [-0.25, -0.2) is 9.78 Å². The second-order valence-corrected chi connectivity index (χ2v) is 4.89.